The first-order chi connectivity index (χ1) is 29.9. The minimum Gasteiger partial charge on any atom is -0.496 e. The number of methoxy groups -OCH3 is 2. The van der Waals surface area contributed by atoms with Crippen LogP contribution in [0.2, 0.25) is 0 Å². The molecule has 1 aromatic heterocycles. The average molecular weight is 846 g/mol. The zero-order valence-electron chi connectivity index (χ0n) is 37.2. The van der Waals surface area contributed by atoms with Crippen molar-refractivity contribution in [3.05, 3.63) is 82.6 Å². The molecular weight excluding hydrogens is 783 g/mol. The molecule has 2 saturated carbocycles. The molecular formula is C50H63N5O7. The molecule has 2 aromatic carbocycles. The van der Waals surface area contributed by atoms with E-state index in [1.807, 2.05) is 13.1 Å². The number of ether oxygens (including phenoxy) is 3. The number of nitrogens with one attached hydrogen (secondary N) is 2. The summed E-state index contributed by atoms with van der Waals surface area (Å²) in [5.41, 5.74) is 2.42. The fourth-order valence-corrected chi connectivity index (χ4v) is 14.0. The Morgan fingerprint density at radius 3 is 2.56 bits per heavy atom. The quantitative estimate of drug-likeness (QED) is 0.186. The van der Waals surface area contributed by atoms with Gasteiger partial charge in [0.1, 0.15) is 22.9 Å². The molecule has 3 fully saturated rings. The van der Waals surface area contributed by atoms with Crippen LogP contribution >= 0.6 is 0 Å². The van der Waals surface area contributed by atoms with Crippen LogP contribution in [0.3, 0.4) is 0 Å². The molecule has 5 aliphatic heterocycles. The number of anilines is 1. The fourth-order valence-electron chi connectivity index (χ4n) is 14.0. The van der Waals surface area contributed by atoms with Crippen LogP contribution in [-0.2, 0) is 41.1 Å². The minimum absolute atomic E-state index is 0.0449. The van der Waals surface area contributed by atoms with E-state index in [0.29, 0.717) is 25.0 Å². The standard InChI is InChI=1S/C50H63N5O7/c1-7-31-23-32-26-49(46(58)61-6,41-35(17-21-54(27-31)28-32)34-15-9-10-16-38(34)52-41)37-24-36-39(25-40(37)60-5)53(4)44-48(36)19-22-55-20-12-18-47(8-2,43(48)55)45(62-30(3)56)50(44,59)29-51-42(57)33-13-11-14-33/h9-10,12,15-16,18,23-25,32-33,43-45,52,59H,7-8,11,13-14,17,19-22,26-29H2,1-6H3,(H,51,57)/t32-,43?,44+,45+,47+,48+,49-,50-/m0/s1. The highest BCUT2D eigenvalue weighted by atomic mass is 16.6. The van der Waals surface area contributed by atoms with Gasteiger partial charge in [0.15, 0.2) is 0 Å². The Labute approximate surface area is 365 Å². The topological polar surface area (TPSA) is 137 Å². The third-order valence-corrected chi connectivity index (χ3v) is 16.7. The lowest BCUT2D eigenvalue weighted by Gasteiger charge is -2.64. The molecule has 330 valence electrons. The summed E-state index contributed by atoms with van der Waals surface area (Å²) in [6, 6.07) is 11.9. The molecule has 3 aromatic rings. The monoisotopic (exact) mass is 845 g/mol. The molecule has 0 radical (unpaired) electrons. The largest absolute Gasteiger partial charge is 0.496 e. The maximum absolute atomic E-state index is 15.4. The summed E-state index contributed by atoms with van der Waals surface area (Å²) in [5, 5.41) is 18.1. The molecule has 7 aliphatic rings. The lowest BCUT2D eigenvalue weighted by atomic mass is 9.47. The summed E-state index contributed by atoms with van der Waals surface area (Å²) in [6.07, 6.45) is 11.9. The van der Waals surface area contributed by atoms with Crippen LogP contribution in [0.4, 0.5) is 5.69 Å². The van der Waals surface area contributed by atoms with E-state index in [-0.39, 0.29) is 36.3 Å². The number of amides is 1. The summed E-state index contributed by atoms with van der Waals surface area (Å²) >= 11 is 0. The maximum atomic E-state index is 15.4. The number of aromatic amines is 1. The number of hydrogen-bond acceptors (Lipinski definition) is 10. The number of carbonyl (C=O) groups is 3. The van der Waals surface area contributed by atoms with Crippen LogP contribution in [0.5, 0.6) is 5.75 Å². The molecule has 2 unspecified atom stereocenters. The van der Waals surface area contributed by atoms with Gasteiger partial charge in [-0.25, -0.2) is 0 Å². The Bertz CT molecular complexity index is 2390. The summed E-state index contributed by atoms with van der Waals surface area (Å²) in [5.74, 6) is -0.373. The Morgan fingerprint density at radius 1 is 1.05 bits per heavy atom. The van der Waals surface area contributed by atoms with Crippen LogP contribution in [0.15, 0.2) is 60.2 Å². The van der Waals surface area contributed by atoms with Crippen LogP contribution in [-0.4, -0.2) is 122 Å². The van der Waals surface area contributed by atoms with Crippen molar-refractivity contribution in [3.8, 4) is 5.75 Å². The number of H-pyrrole nitrogens is 1. The number of hydrogen-bond donors (Lipinski definition) is 3. The zero-order chi connectivity index (χ0) is 43.3. The summed E-state index contributed by atoms with van der Waals surface area (Å²) in [4.78, 5) is 53.4. The predicted octanol–water partition coefficient (Wildman–Crippen LogP) is 5.54. The van der Waals surface area contributed by atoms with Crippen LogP contribution in [0.1, 0.15) is 88.1 Å². The minimum atomic E-state index is -1.72. The van der Waals surface area contributed by atoms with Crippen molar-refractivity contribution < 1.29 is 33.7 Å². The zero-order valence-corrected chi connectivity index (χ0v) is 37.2. The van der Waals surface area contributed by atoms with E-state index in [1.165, 1.54) is 19.6 Å². The van der Waals surface area contributed by atoms with E-state index in [4.69, 9.17) is 14.2 Å². The third kappa shape index (κ3) is 5.63. The number of para-hydroxylation sites is 1. The van der Waals surface area contributed by atoms with Gasteiger partial charge in [0.25, 0.3) is 0 Å². The second-order valence-corrected chi connectivity index (χ2v) is 19.5. The number of nitrogens with zero attached hydrogens (tertiary/aromatic N) is 3. The maximum Gasteiger partial charge on any atom is 0.322 e. The Hall–Kier alpha value is -4.65. The number of benzene rings is 2. The second kappa shape index (κ2) is 15.0. The number of carbonyl (C=O) groups excluding carboxylic acids is 3. The molecule has 3 N–H and O–H groups in total. The fraction of sp³-hybridized carbons (Fsp3) is 0.580. The highest BCUT2D eigenvalue weighted by Gasteiger charge is 2.78. The third-order valence-electron chi connectivity index (χ3n) is 16.7. The smallest absolute Gasteiger partial charge is 0.322 e. The average Bonchev–Trinajstić information content (AvgIpc) is 3.91. The molecule has 1 saturated heterocycles. The second-order valence-electron chi connectivity index (χ2n) is 19.5. The van der Waals surface area contributed by atoms with Crippen molar-refractivity contribution in [2.45, 2.75) is 107 Å². The van der Waals surface area contributed by atoms with Gasteiger partial charge in [-0.05, 0) is 80.7 Å². The Kier molecular flexibility index (Phi) is 9.99. The lowest BCUT2D eigenvalue weighted by molar-refractivity contribution is -0.217. The van der Waals surface area contributed by atoms with Crippen molar-refractivity contribution in [2.75, 3.05) is 65.4 Å². The number of likely N-dealkylation sites (N-methyl/N-ethyl adjacent to an activating group) is 1. The van der Waals surface area contributed by atoms with Gasteiger partial charge in [0.2, 0.25) is 5.91 Å². The van der Waals surface area contributed by atoms with Gasteiger partial charge < -0.3 is 34.5 Å². The summed E-state index contributed by atoms with van der Waals surface area (Å²) < 4.78 is 18.9. The van der Waals surface area contributed by atoms with Crippen LogP contribution in [0, 0.1) is 17.3 Å². The van der Waals surface area contributed by atoms with E-state index < -0.39 is 40.0 Å². The Morgan fingerprint density at radius 2 is 1.85 bits per heavy atom. The molecule has 2 bridgehead atoms. The molecule has 2 aliphatic carbocycles. The highest BCUT2D eigenvalue weighted by molar-refractivity contribution is 5.94. The summed E-state index contributed by atoms with van der Waals surface area (Å²) in [7, 11) is 5.18. The number of rotatable bonds is 9. The summed E-state index contributed by atoms with van der Waals surface area (Å²) in [6.45, 7) is 9.75. The van der Waals surface area contributed by atoms with Gasteiger partial charge in [-0.15, -0.1) is 0 Å². The van der Waals surface area contributed by atoms with Gasteiger partial charge in [-0.2, -0.15) is 0 Å². The van der Waals surface area contributed by atoms with Crippen molar-refractivity contribution in [2.24, 2.45) is 17.3 Å². The van der Waals surface area contributed by atoms with E-state index >= 15 is 4.79 Å². The van der Waals surface area contributed by atoms with Gasteiger partial charge >= 0.3 is 11.9 Å². The first kappa shape index (κ1) is 41.4. The van der Waals surface area contributed by atoms with Crippen molar-refractivity contribution in [3.63, 3.8) is 0 Å². The normalized spacial score (nSPS) is 34.7. The molecule has 1 spiro atoms. The van der Waals surface area contributed by atoms with Crippen molar-refractivity contribution >= 4 is 34.4 Å². The highest BCUT2D eigenvalue weighted by Crippen LogP contribution is 2.68. The molecule has 12 nitrogen and oxygen atoms in total. The van der Waals surface area contributed by atoms with Gasteiger partial charge in [-0.3, -0.25) is 24.2 Å². The van der Waals surface area contributed by atoms with Crippen LogP contribution in [0.25, 0.3) is 10.9 Å². The number of aromatic nitrogens is 1. The molecule has 9 atom stereocenters. The number of fused-ring (bicyclic) bond motifs is 6. The predicted molar refractivity (Wildman–Crippen MR) is 237 cm³/mol. The lowest BCUT2D eigenvalue weighted by Crippen LogP contribution is -2.81. The van der Waals surface area contributed by atoms with E-state index in [9.17, 15) is 14.7 Å². The molecule has 12 heteroatoms. The molecule has 6 heterocycles. The SMILES string of the molecule is CCC1=C[C@@H]2CN(CCc3c([nH]c4ccccc34)[C@@](C(=O)OC)(c3cc4c(cc3OC)N(C)[C@H]3[C@@](O)(CNC(=O)C5CCC5)[C@H](OC(C)=O)[C@]5(CC)C=CCN6CC[C@]43C65)C2)C1. The number of esters is 2. The van der Waals surface area contributed by atoms with Gasteiger partial charge in [0, 0.05) is 96.9 Å². The van der Waals surface area contributed by atoms with Gasteiger partial charge in [0.05, 0.1) is 26.8 Å². The molecule has 1 amide bonds. The Balaban J connectivity index is 1.24. The molecule has 10 rings (SSSR count). The van der Waals surface area contributed by atoms with Gasteiger partial charge in [-0.1, -0.05) is 62.3 Å². The van der Waals surface area contributed by atoms with E-state index in [1.54, 1.807) is 7.11 Å². The van der Waals surface area contributed by atoms with Crippen molar-refractivity contribution in [1.82, 2.24) is 20.1 Å². The number of aliphatic hydroxyl groups is 1. The molecule has 62 heavy (non-hydrogen) atoms. The first-order valence-electron chi connectivity index (χ1n) is 23.0. The van der Waals surface area contributed by atoms with E-state index in [2.05, 4.69) is 87.4 Å². The van der Waals surface area contributed by atoms with Crippen LogP contribution < -0.4 is 15.0 Å². The first-order valence-corrected chi connectivity index (χ1v) is 23.0. The van der Waals surface area contributed by atoms with E-state index in [0.717, 1.165) is 104 Å². The van der Waals surface area contributed by atoms with Crippen molar-refractivity contribution in [1.29, 1.82) is 0 Å².